The van der Waals surface area contributed by atoms with Gasteiger partial charge in [-0.3, -0.25) is 4.72 Å². The molecule has 0 fully saturated rings. The van der Waals surface area contributed by atoms with E-state index in [1.54, 1.807) is 23.9 Å². The summed E-state index contributed by atoms with van der Waals surface area (Å²) in [6.07, 6.45) is 2.02. The molecular formula is C17H13Cl2N3O2S2. The van der Waals surface area contributed by atoms with E-state index < -0.39 is 10.0 Å². The van der Waals surface area contributed by atoms with E-state index in [1.165, 1.54) is 18.2 Å². The minimum absolute atomic E-state index is 0.0542. The lowest BCUT2D eigenvalue weighted by Gasteiger charge is -2.09. The summed E-state index contributed by atoms with van der Waals surface area (Å²) in [4.78, 5) is 4.65. The molecule has 5 nitrogen and oxygen atoms in total. The summed E-state index contributed by atoms with van der Waals surface area (Å²) in [6, 6.07) is 11.3. The molecule has 0 amide bonds. The first-order valence-corrected chi connectivity index (χ1v) is 10.9. The number of halogens is 2. The first-order valence-electron chi connectivity index (χ1n) is 7.71. The van der Waals surface area contributed by atoms with Gasteiger partial charge in [-0.05, 0) is 30.3 Å². The fraction of sp³-hybridized carbons (Fsp3) is 0.118. The zero-order valence-electron chi connectivity index (χ0n) is 13.3. The maximum absolute atomic E-state index is 12.5. The van der Waals surface area contributed by atoms with Crippen LogP contribution in [0.25, 0.3) is 11.3 Å². The highest BCUT2D eigenvalue weighted by Gasteiger charge is 2.17. The lowest BCUT2D eigenvalue weighted by Crippen LogP contribution is -2.12. The van der Waals surface area contributed by atoms with Crippen molar-refractivity contribution in [1.82, 2.24) is 9.55 Å². The summed E-state index contributed by atoms with van der Waals surface area (Å²) in [5.74, 6) is 1.05. The van der Waals surface area contributed by atoms with Crippen molar-refractivity contribution in [2.24, 2.45) is 0 Å². The number of anilines is 1. The number of aromatic nitrogens is 2. The van der Waals surface area contributed by atoms with Crippen LogP contribution in [-0.2, 0) is 16.6 Å². The Kier molecular flexibility index (Phi) is 4.64. The predicted molar refractivity (Wildman–Crippen MR) is 106 cm³/mol. The average Bonchev–Trinajstić information content (AvgIpc) is 3.19. The smallest absolute Gasteiger partial charge is 0.261 e. The van der Waals surface area contributed by atoms with E-state index >= 15 is 0 Å². The fourth-order valence-corrected chi connectivity index (χ4v) is 5.01. The molecular weight excluding hydrogens is 413 g/mol. The largest absolute Gasteiger partial charge is 0.325 e. The van der Waals surface area contributed by atoms with Crippen molar-refractivity contribution >= 4 is 50.7 Å². The SMILES string of the molecule is O=S(=O)(Nc1ccc(-c2cn3c(n2)SCC3)cc1)c1ccc(Cl)c(Cl)c1. The van der Waals surface area contributed by atoms with Crippen molar-refractivity contribution in [2.75, 3.05) is 10.5 Å². The zero-order valence-corrected chi connectivity index (χ0v) is 16.5. The van der Waals surface area contributed by atoms with E-state index in [-0.39, 0.29) is 9.92 Å². The molecule has 134 valence electrons. The van der Waals surface area contributed by atoms with E-state index in [4.69, 9.17) is 23.2 Å². The van der Waals surface area contributed by atoms with Gasteiger partial charge in [0.25, 0.3) is 10.0 Å². The van der Waals surface area contributed by atoms with Gasteiger partial charge in [-0.2, -0.15) is 0 Å². The number of hydrogen-bond acceptors (Lipinski definition) is 4. The molecule has 0 unspecified atom stereocenters. The molecule has 0 bridgehead atoms. The third-order valence-corrected chi connectivity index (χ3v) is 7.03. The Morgan fingerprint density at radius 2 is 1.85 bits per heavy atom. The Morgan fingerprint density at radius 1 is 1.08 bits per heavy atom. The van der Waals surface area contributed by atoms with Crippen molar-refractivity contribution in [2.45, 2.75) is 16.6 Å². The maximum atomic E-state index is 12.5. The molecule has 0 saturated heterocycles. The number of fused-ring (bicyclic) bond motifs is 1. The Hall–Kier alpha value is -1.67. The van der Waals surface area contributed by atoms with Crippen LogP contribution < -0.4 is 4.72 Å². The van der Waals surface area contributed by atoms with Crippen molar-refractivity contribution in [3.8, 4) is 11.3 Å². The summed E-state index contributed by atoms with van der Waals surface area (Å²) < 4.78 is 29.6. The summed E-state index contributed by atoms with van der Waals surface area (Å²) >= 11 is 13.5. The minimum Gasteiger partial charge on any atom is -0.325 e. The average molecular weight is 426 g/mol. The molecule has 4 rings (SSSR count). The van der Waals surface area contributed by atoms with Crippen molar-refractivity contribution in [3.05, 3.63) is 58.7 Å². The second-order valence-corrected chi connectivity index (χ2v) is 9.27. The van der Waals surface area contributed by atoms with Gasteiger partial charge in [0.1, 0.15) is 0 Å². The molecule has 9 heteroatoms. The monoisotopic (exact) mass is 425 g/mol. The van der Waals surface area contributed by atoms with Crippen LogP contribution in [0.1, 0.15) is 0 Å². The third-order valence-electron chi connectivity index (χ3n) is 3.94. The summed E-state index contributed by atoms with van der Waals surface area (Å²) in [7, 11) is -3.74. The Bertz CT molecular complexity index is 1060. The van der Waals surface area contributed by atoms with Gasteiger partial charge in [0.15, 0.2) is 5.16 Å². The molecule has 2 aromatic carbocycles. The highest BCUT2D eigenvalue weighted by atomic mass is 35.5. The van der Waals surface area contributed by atoms with Crippen molar-refractivity contribution < 1.29 is 8.42 Å². The number of aryl methyl sites for hydroxylation is 1. The first-order chi connectivity index (χ1) is 12.4. The first kappa shape index (κ1) is 17.7. The summed E-state index contributed by atoms with van der Waals surface area (Å²) in [5.41, 5.74) is 2.28. The van der Waals surface area contributed by atoms with Crippen LogP contribution in [0.5, 0.6) is 0 Å². The quantitative estimate of drug-likeness (QED) is 0.653. The van der Waals surface area contributed by atoms with Crippen LogP contribution in [0, 0.1) is 0 Å². The lowest BCUT2D eigenvalue weighted by molar-refractivity contribution is 0.601. The summed E-state index contributed by atoms with van der Waals surface area (Å²) in [5, 5.41) is 1.51. The zero-order chi connectivity index (χ0) is 18.3. The molecule has 2 heterocycles. The highest BCUT2D eigenvalue weighted by molar-refractivity contribution is 7.99. The summed E-state index contributed by atoms with van der Waals surface area (Å²) in [6.45, 7) is 0.967. The molecule has 1 N–H and O–H groups in total. The van der Waals surface area contributed by atoms with E-state index in [0.29, 0.717) is 10.7 Å². The molecule has 1 aliphatic heterocycles. The molecule has 1 aromatic heterocycles. The van der Waals surface area contributed by atoms with Gasteiger partial charge in [0.05, 0.1) is 20.6 Å². The van der Waals surface area contributed by atoms with Crippen LogP contribution in [-0.4, -0.2) is 23.7 Å². The van der Waals surface area contributed by atoms with E-state index in [9.17, 15) is 8.42 Å². The van der Waals surface area contributed by atoms with Gasteiger partial charge in [-0.25, -0.2) is 13.4 Å². The van der Waals surface area contributed by atoms with Crippen LogP contribution >= 0.6 is 35.0 Å². The molecule has 1 aliphatic rings. The van der Waals surface area contributed by atoms with Crippen LogP contribution in [0.15, 0.2) is 58.7 Å². The van der Waals surface area contributed by atoms with E-state index in [0.717, 1.165) is 28.7 Å². The number of hydrogen-bond donors (Lipinski definition) is 1. The number of rotatable bonds is 4. The number of sulfonamides is 1. The standard InChI is InChI=1S/C17H13Cl2N3O2S2/c18-14-6-5-13(9-15(14)19)26(23,24)21-12-3-1-11(2-4-12)16-10-22-7-8-25-17(22)20-16/h1-6,9-10,21H,7-8H2. The topological polar surface area (TPSA) is 64.0 Å². The number of thioether (sulfide) groups is 1. The van der Waals surface area contributed by atoms with Gasteiger partial charge in [0.2, 0.25) is 0 Å². The molecule has 26 heavy (non-hydrogen) atoms. The number of nitrogens with one attached hydrogen (secondary N) is 1. The molecule has 0 aliphatic carbocycles. The van der Waals surface area contributed by atoms with Crippen LogP contribution in [0.4, 0.5) is 5.69 Å². The van der Waals surface area contributed by atoms with Crippen molar-refractivity contribution in [1.29, 1.82) is 0 Å². The second-order valence-electron chi connectivity index (χ2n) is 5.71. The Labute approximate surface area is 165 Å². The molecule has 0 radical (unpaired) electrons. The Morgan fingerprint density at radius 3 is 2.54 bits per heavy atom. The third kappa shape index (κ3) is 3.44. The normalized spacial score (nSPS) is 13.6. The molecule has 3 aromatic rings. The van der Waals surface area contributed by atoms with Crippen molar-refractivity contribution in [3.63, 3.8) is 0 Å². The van der Waals surface area contributed by atoms with Crippen LogP contribution in [0.3, 0.4) is 0 Å². The number of benzene rings is 2. The number of imidazole rings is 1. The Balaban J connectivity index is 1.55. The fourth-order valence-electron chi connectivity index (χ4n) is 2.62. The molecule has 0 saturated carbocycles. The predicted octanol–water partition coefficient (Wildman–Crippen LogP) is 4.76. The highest BCUT2D eigenvalue weighted by Crippen LogP contribution is 2.30. The van der Waals surface area contributed by atoms with Gasteiger partial charge < -0.3 is 4.57 Å². The number of nitrogens with zero attached hydrogens (tertiary/aromatic N) is 2. The van der Waals surface area contributed by atoms with Gasteiger partial charge in [-0.1, -0.05) is 47.1 Å². The lowest BCUT2D eigenvalue weighted by atomic mass is 10.1. The van der Waals surface area contributed by atoms with E-state index in [1.807, 2.05) is 18.3 Å². The molecule has 0 atom stereocenters. The van der Waals surface area contributed by atoms with Gasteiger partial charge >= 0.3 is 0 Å². The van der Waals surface area contributed by atoms with E-state index in [2.05, 4.69) is 14.3 Å². The van der Waals surface area contributed by atoms with Gasteiger partial charge in [0, 0.05) is 29.7 Å². The van der Waals surface area contributed by atoms with Gasteiger partial charge in [-0.15, -0.1) is 0 Å². The maximum Gasteiger partial charge on any atom is 0.261 e. The molecule has 0 spiro atoms. The van der Waals surface area contributed by atoms with Crippen LogP contribution in [0.2, 0.25) is 10.0 Å². The minimum atomic E-state index is -3.74. The second kappa shape index (κ2) is 6.81.